The van der Waals surface area contributed by atoms with E-state index >= 15 is 0 Å². The monoisotopic (exact) mass is 280 g/mol. The van der Waals surface area contributed by atoms with Crippen LogP contribution < -0.4 is 5.32 Å². The van der Waals surface area contributed by atoms with Crippen molar-refractivity contribution in [3.63, 3.8) is 0 Å². The van der Waals surface area contributed by atoms with Gasteiger partial charge >= 0.3 is 0 Å². The number of piperidine rings is 1. The molecule has 0 spiro atoms. The second-order valence-electron chi connectivity index (χ2n) is 5.02. The molecular formula is C15H21ClN2O. The summed E-state index contributed by atoms with van der Waals surface area (Å²) in [5, 5.41) is 3.89. The Morgan fingerprint density at radius 1 is 1.37 bits per heavy atom. The van der Waals surface area contributed by atoms with Crippen LogP contribution in [0.2, 0.25) is 5.02 Å². The maximum absolute atomic E-state index is 12.5. The molecule has 1 saturated heterocycles. The van der Waals surface area contributed by atoms with Gasteiger partial charge in [-0.05, 0) is 50.9 Å². The van der Waals surface area contributed by atoms with Gasteiger partial charge in [-0.3, -0.25) is 4.79 Å². The van der Waals surface area contributed by atoms with Gasteiger partial charge in [0.25, 0.3) is 5.91 Å². The first-order chi connectivity index (χ1) is 9.22. The van der Waals surface area contributed by atoms with Crippen molar-refractivity contribution >= 4 is 17.5 Å². The highest BCUT2D eigenvalue weighted by Gasteiger charge is 2.21. The van der Waals surface area contributed by atoms with Crippen LogP contribution in [0.3, 0.4) is 0 Å². The van der Waals surface area contributed by atoms with E-state index in [2.05, 4.69) is 5.32 Å². The Labute approximate surface area is 119 Å². The molecule has 1 aromatic rings. The van der Waals surface area contributed by atoms with Crippen molar-refractivity contribution in [2.24, 2.45) is 5.92 Å². The summed E-state index contributed by atoms with van der Waals surface area (Å²) in [4.78, 5) is 14.4. The number of hydrogen-bond donors (Lipinski definition) is 1. The summed E-state index contributed by atoms with van der Waals surface area (Å²) in [7, 11) is 0. The van der Waals surface area contributed by atoms with Crippen molar-refractivity contribution in [1.82, 2.24) is 10.2 Å². The zero-order valence-corrected chi connectivity index (χ0v) is 12.1. The fourth-order valence-electron chi connectivity index (χ4n) is 2.54. The second-order valence-corrected chi connectivity index (χ2v) is 5.42. The summed E-state index contributed by atoms with van der Waals surface area (Å²) >= 11 is 6.11. The first-order valence-electron chi connectivity index (χ1n) is 6.97. The molecule has 0 aromatic heterocycles. The smallest absolute Gasteiger partial charge is 0.255 e. The standard InChI is InChI=1S/C15H21ClN2O/c1-2-18(11-12-7-9-17-10-8-12)15(19)13-5-3-4-6-14(13)16/h3-6,12,17H,2,7-11H2,1H3. The fraction of sp³-hybridized carbons (Fsp3) is 0.533. The Kier molecular flexibility index (Phi) is 5.23. The maximum Gasteiger partial charge on any atom is 0.255 e. The number of carbonyl (C=O) groups excluding carboxylic acids is 1. The Morgan fingerprint density at radius 3 is 2.68 bits per heavy atom. The van der Waals surface area contributed by atoms with Crippen molar-refractivity contribution < 1.29 is 4.79 Å². The summed E-state index contributed by atoms with van der Waals surface area (Å²) in [6.45, 7) is 5.71. The lowest BCUT2D eigenvalue weighted by molar-refractivity contribution is 0.0727. The van der Waals surface area contributed by atoms with Crippen LogP contribution >= 0.6 is 11.6 Å². The minimum Gasteiger partial charge on any atom is -0.339 e. The number of hydrogen-bond acceptors (Lipinski definition) is 2. The molecule has 1 heterocycles. The van der Waals surface area contributed by atoms with Crippen molar-refractivity contribution in [3.8, 4) is 0 Å². The number of rotatable bonds is 4. The molecule has 104 valence electrons. The summed E-state index contributed by atoms with van der Waals surface area (Å²) in [6.07, 6.45) is 2.29. The molecule has 1 aliphatic rings. The van der Waals surface area contributed by atoms with Gasteiger partial charge in [0.15, 0.2) is 0 Å². The van der Waals surface area contributed by atoms with Crippen molar-refractivity contribution in [2.45, 2.75) is 19.8 Å². The van der Waals surface area contributed by atoms with E-state index in [-0.39, 0.29) is 5.91 Å². The fourth-order valence-corrected chi connectivity index (χ4v) is 2.75. The van der Waals surface area contributed by atoms with Gasteiger partial charge in [0.05, 0.1) is 10.6 Å². The number of nitrogens with zero attached hydrogens (tertiary/aromatic N) is 1. The number of halogens is 1. The van der Waals surface area contributed by atoms with Crippen LogP contribution in [0.25, 0.3) is 0 Å². The van der Waals surface area contributed by atoms with Gasteiger partial charge < -0.3 is 10.2 Å². The number of benzene rings is 1. The largest absolute Gasteiger partial charge is 0.339 e. The highest BCUT2D eigenvalue weighted by atomic mass is 35.5. The Hall–Kier alpha value is -1.06. The van der Waals surface area contributed by atoms with Crippen LogP contribution in [0.5, 0.6) is 0 Å². The van der Waals surface area contributed by atoms with Gasteiger partial charge in [-0.15, -0.1) is 0 Å². The topological polar surface area (TPSA) is 32.3 Å². The third-order valence-corrected chi connectivity index (χ3v) is 4.04. The van der Waals surface area contributed by atoms with Crippen LogP contribution in [0.1, 0.15) is 30.1 Å². The molecule has 0 saturated carbocycles. The van der Waals surface area contributed by atoms with Gasteiger partial charge in [0.1, 0.15) is 0 Å². The molecule has 0 atom stereocenters. The maximum atomic E-state index is 12.5. The molecule has 1 aliphatic heterocycles. The van der Waals surface area contributed by atoms with E-state index < -0.39 is 0 Å². The summed E-state index contributed by atoms with van der Waals surface area (Å²) in [6, 6.07) is 7.28. The lowest BCUT2D eigenvalue weighted by Crippen LogP contribution is -2.39. The second kappa shape index (κ2) is 6.92. The van der Waals surface area contributed by atoms with Gasteiger partial charge in [0, 0.05) is 13.1 Å². The Balaban J connectivity index is 2.04. The van der Waals surface area contributed by atoms with Gasteiger partial charge in [-0.1, -0.05) is 23.7 Å². The van der Waals surface area contributed by atoms with Gasteiger partial charge in [-0.2, -0.15) is 0 Å². The normalized spacial score (nSPS) is 16.3. The minimum atomic E-state index is 0.0478. The van der Waals surface area contributed by atoms with Crippen molar-refractivity contribution in [1.29, 1.82) is 0 Å². The lowest BCUT2D eigenvalue weighted by atomic mass is 9.97. The van der Waals surface area contributed by atoms with Gasteiger partial charge in [0.2, 0.25) is 0 Å². The first kappa shape index (κ1) is 14.4. The first-order valence-corrected chi connectivity index (χ1v) is 7.34. The molecule has 3 nitrogen and oxygen atoms in total. The summed E-state index contributed by atoms with van der Waals surface area (Å²) in [5.41, 5.74) is 0.611. The van der Waals surface area contributed by atoms with Crippen LogP contribution in [0, 0.1) is 5.92 Å². The lowest BCUT2D eigenvalue weighted by Gasteiger charge is -2.29. The molecule has 1 N–H and O–H groups in total. The van der Waals surface area contributed by atoms with E-state index in [1.165, 1.54) is 0 Å². The predicted octanol–water partition coefficient (Wildman–Crippen LogP) is 2.80. The minimum absolute atomic E-state index is 0.0478. The average molecular weight is 281 g/mol. The van der Waals surface area contributed by atoms with E-state index in [1.54, 1.807) is 12.1 Å². The third-order valence-electron chi connectivity index (χ3n) is 3.71. The zero-order valence-electron chi connectivity index (χ0n) is 11.4. The van der Waals surface area contributed by atoms with E-state index in [0.717, 1.165) is 39.0 Å². The average Bonchev–Trinajstić information content (AvgIpc) is 2.46. The van der Waals surface area contributed by atoms with Crippen molar-refractivity contribution in [3.05, 3.63) is 34.9 Å². The molecule has 0 aliphatic carbocycles. The van der Waals surface area contributed by atoms with Crippen molar-refractivity contribution in [2.75, 3.05) is 26.2 Å². The van der Waals surface area contributed by atoms with Crippen LogP contribution in [-0.4, -0.2) is 37.0 Å². The van der Waals surface area contributed by atoms with Gasteiger partial charge in [-0.25, -0.2) is 0 Å². The quantitative estimate of drug-likeness (QED) is 0.920. The molecule has 0 unspecified atom stereocenters. The number of amides is 1. The number of nitrogens with one attached hydrogen (secondary N) is 1. The van der Waals surface area contributed by atoms with E-state index in [0.29, 0.717) is 16.5 Å². The van der Waals surface area contributed by atoms with E-state index in [1.807, 2.05) is 24.0 Å². The van der Waals surface area contributed by atoms with Crippen LogP contribution in [-0.2, 0) is 0 Å². The highest BCUT2D eigenvalue weighted by molar-refractivity contribution is 6.33. The molecule has 0 bridgehead atoms. The molecular weight excluding hydrogens is 260 g/mol. The molecule has 2 rings (SSSR count). The number of carbonyl (C=O) groups is 1. The zero-order chi connectivity index (χ0) is 13.7. The molecule has 1 fully saturated rings. The summed E-state index contributed by atoms with van der Waals surface area (Å²) in [5.74, 6) is 0.652. The molecule has 1 amide bonds. The van der Waals surface area contributed by atoms with E-state index in [4.69, 9.17) is 11.6 Å². The van der Waals surface area contributed by atoms with Crippen LogP contribution in [0.4, 0.5) is 0 Å². The molecule has 1 aromatic carbocycles. The Morgan fingerprint density at radius 2 is 2.05 bits per heavy atom. The molecule has 0 radical (unpaired) electrons. The van der Waals surface area contributed by atoms with E-state index in [9.17, 15) is 4.79 Å². The highest BCUT2D eigenvalue weighted by Crippen LogP contribution is 2.19. The summed E-state index contributed by atoms with van der Waals surface area (Å²) < 4.78 is 0. The molecule has 4 heteroatoms. The Bertz CT molecular complexity index is 430. The van der Waals surface area contributed by atoms with Crippen LogP contribution in [0.15, 0.2) is 24.3 Å². The third kappa shape index (κ3) is 3.71. The SMILES string of the molecule is CCN(CC1CCNCC1)C(=O)c1ccccc1Cl. The predicted molar refractivity (Wildman–Crippen MR) is 78.6 cm³/mol. The molecule has 19 heavy (non-hydrogen) atoms.